The van der Waals surface area contributed by atoms with Crippen LogP contribution in [0.3, 0.4) is 0 Å². The van der Waals surface area contributed by atoms with Gasteiger partial charge in [0.15, 0.2) is 0 Å². The molecule has 162 valence electrons. The lowest BCUT2D eigenvalue weighted by atomic mass is 9.73. The SMILES string of the molecule is Cc1cccc(C(=O)N2CCC3(CC2)C[C@@H](CC(=O)NCC2CC2)c2ccccc23)n1. The Kier molecular flexibility index (Phi) is 5.28. The standard InChI is InChI=1S/C26H31N3O2/c1-18-5-4-8-23(28-18)25(31)29-13-11-26(12-14-29)16-20(21-6-2-3-7-22(21)26)15-24(30)27-17-19-9-10-19/h2-8,19-20H,9-17H2,1H3,(H,27,30)/t20-/m1/s1. The van der Waals surface area contributed by atoms with Crippen LogP contribution >= 0.6 is 0 Å². The first-order valence-corrected chi connectivity index (χ1v) is 11.6. The molecule has 3 aliphatic rings. The van der Waals surface area contributed by atoms with Gasteiger partial charge in [-0.1, -0.05) is 30.3 Å². The summed E-state index contributed by atoms with van der Waals surface area (Å²) in [4.78, 5) is 31.9. The zero-order valence-corrected chi connectivity index (χ0v) is 18.3. The normalized spacial score (nSPS) is 21.7. The van der Waals surface area contributed by atoms with Crippen LogP contribution in [0.5, 0.6) is 0 Å². The summed E-state index contributed by atoms with van der Waals surface area (Å²) < 4.78 is 0. The number of benzene rings is 1. The second-order valence-electron chi connectivity index (χ2n) is 9.68. The third-order valence-electron chi connectivity index (χ3n) is 7.44. The minimum absolute atomic E-state index is 0.0286. The van der Waals surface area contributed by atoms with Crippen molar-refractivity contribution in [2.45, 2.75) is 56.8 Å². The Labute approximate surface area is 184 Å². The molecule has 0 unspecified atom stereocenters. The molecule has 1 aliphatic heterocycles. The second kappa shape index (κ2) is 8.10. The highest BCUT2D eigenvalue weighted by Gasteiger charge is 2.46. The molecule has 1 saturated carbocycles. The zero-order chi connectivity index (χ0) is 21.4. The number of rotatable bonds is 5. The van der Waals surface area contributed by atoms with Crippen LogP contribution in [0.4, 0.5) is 0 Å². The summed E-state index contributed by atoms with van der Waals surface area (Å²) in [6.07, 6.45) is 5.98. The van der Waals surface area contributed by atoms with Gasteiger partial charge >= 0.3 is 0 Å². The van der Waals surface area contributed by atoms with E-state index >= 15 is 0 Å². The van der Waals surface area contributed by atoms with Crippen molar-refractivity contribution >= 4 is 11.8 Å². The molecule has 5 rings (SSSR count). The highest BCUT2D eigenvalue weighted by atomic mass is 16.2. The van der Waals surface area contributed by atoms with Crippen LogP contribution in [-0.4, -0.2) is 41.3 Å². The average Bonchev–Trinajstić information content (AvgIpc) is 3.57. The number of hydrogen-bond donors (Lipinski definition) is 1. The van der Waals surface area contributed by atoms with E-state index in [2.05, 4.69) is 34.6 Å². The van der Waals surface area contributed by atoms with Gasteiger partial charge < -0.3 is 10.2 Å². The number of nitrogens with zero attached hydrogens (tertiary/aromatic N) is 2. The summed E-state index contributed by atoms with van der Waals surface area (Å²) in [5.41, 5.74) is 4.22. The lowest BCUT2D eigenvalue weighted by Gasteiger charge is -2.40. The Morgan fingerprint density at radius 2 is 1.87 bits per heavy atom. The molecule has 0 bridgehead atoms. The predicted octanol–water partition coefficient (Wildman–Crippen LogP) is 3.97. The maximum atomic E-state index is 13.0. The molecule has 1 spiro atoms. The van der Waals surface area contributed by atoms with Gasteiger partial charge in [0.25, 0.3) is 5.91 Å². The number of amides is 2. The van der Waals surface area contributed by atoms with Crippen LogP contribution in [0, 0.1) is 12.8 Å². The Hall–Kier alpha value is -2.69. The van der Waals surface area contributed by atoms with Crippen molar-refractivity contribution in [2.75, 3.05) is 19.6 Å². The van der Waals surface area contributed by atoms with Crippen LogP contribution < -0.4 is 5.32 Å². The molecule has 1 aromatic heterocycles. The average molecular weight is 418 g/mol. The van der Waals surface area contributed by atoms with E-state index in [9.17, 15) is 9.59 Å². The molecule has 2 aliphatic carbocycles. The Balaban J connectivity index is 1.28. The van der Waals surface area contributed by atoms with Gasteiger partial charge in [0, 0.05) is 31.7 Å². The quantitative estimate of drug-likeness (QED) is 0.801. The van der Waals surface area contributed by atoms with E-state index in [0.717, 1.165) is 44.6 Å². The minimum atomic E-state index is 0.0286. The molecule has 1 saturated heterocycles. The van der Waals surface area contributed by atoms with Gasteiger partial charge in [0.2, 0.25) is 5.91 Å². The first kappa shape index (κ1) is 20.2. The first-order valence-electron chi connectivity index (χ1n) is 11.6. The predicted molar refractivity (Wildman–Crippen MR) is 120 cm³/mol. The summed E-state index contributed by atoms with van der Waals surface area (Å²) in [6, 6.07) is 14.3. The monoisotopic (exact) mass is 417 g/mol. The van der Waals surface area contributed by atoms with Crippen molar-refractivity contribution < 1.29 is 9.59 Å². The van der Waals surface area contributed by atoms with Crippen LogP contribution in [-0.2, 0) is 10.2 Å². The number of pyridine rings is 1. The summed E-state index contributed by atoms with van der Waals surface area (Å²) in [6.45, 7) is 4.23. The molecule has 0 radical (unpaired) electrons. The Morgan fingerprint density at radius 3 is 2.61 bits per heavy atom. The number of aryl methyl sites for hydroxylation is 1. The Morgan fingerprint density at radius 1 is 1.10 bits per heavy atom. The molecule has 5 heteroatoms. The van der Waals surface area contributed by atoms with Crippen LogP contribution in [0.15, 0.2) is 42.5 Å². The van der Waals surface area contributed by atoms with Crippen LogP contribution in [0.25, 0.3) is 0 Å². The number of nitrogens with one attached hydrogen (secondary N) is 1. The largest absolute Gasteiger partial charge is 0.356 e. The number of likely N-dealkylation sites (tertiary alicyclic amines) is 1. The molecule has 2 aromatic rings. The molecular weight excluding hydrogens is 386 g/mol. The number of aromatic nitrogens is 1. The number of fused-ring (bicyclic) bond motifs is 2. The minimum Gasteiger partial charge on any atom is -0.356 e. The van der Waals surface area contributed by atoms with E-state index in [4.69, 9.17) is 0 Å². The van der Waals surface area contributed by atoms with Gasteiger partial charge in [-0.05, 0) is 79.5 Å². The highest BCUT2D eigenvalue weighted by Crippen LogP contribution is 2.52. The molecule has 2 amide bonds. The number of piperidine rings is 1. The van der Waals surface area contributed by atoms with E-state index in [0.29, 0.717) is 18.0 Å². The van der Waals surface area contributed by atoms with Crippen molar-refractivity contribution in [3.05, 3.63) is 65.0 Å². The zero-order valence-electron chi connectivity index (χ0n) is 18.3. The Bertz CT molecular complexity index is 990. The molecule has 2 heterocycles. The van der Waals surface area contributed by atoms with Gasteiger partial charge in [-0.3, -0.25) is 9.59 Å². The summed E-state index contributed by atoms with van der Waals surface area (Å²) in [5.74, 6) is 1.19. The summed E-state index contributed by atoms with van der Waals surface area (Å²) in [5, 5.41) is 3.14. The lowest BCUT2D eigenvalue weighted by Crippen LogP contribution is -2.44. The van der Waals surface area contributed by atoms with Gasteiger partial charge in [-0.15, -0.1) is 0 Å². The van der Waals surface area contributed by atoms with Crippen molar-refractivity contribution in [2.24, 2.45) is 5.92 Å². The van der Waals surface area contributed by atoms with E-state index in [1.54, 1.807) is 6.07 Å². The first-order chi connectivity index (χ1) is 15.0. The van der Waals surface area contributed by atoms with E-state index in [1.165, 1.54) is 24.0 Å². The lowest BCUT2D eigenvalue weighted by molar-refractivity contribution is -0.121. The fourth-order valence-corrected chi connectivity index (χ4v) is 5.52. The van der Waals surface area contributed by atoms with Crippen molar-refractivity contribution in [3.63, 3.8) is 0 Å². The van der Waals surface area contributed by atoms with Gasteiger partial charge in [-0.25, -0.2) is 4.98 Å². The molecule has 1 aromatic carbocycles. The molecular formula is C26H31N3O2. The van der Waals surface area contributed by atoms with Crippen LogP contribution in [0.1, 0.15) is 71.8 Å². The maximum Gasteiger partial charge on any atom is 0.272 e. The van der Waals surface area contributed by atoms with Crippen molar-refractivity contribution in [1.82, 2.24) is 15.2 Å². The van der Waals surface area contributed by atoms with Crippen molar-refractivity contribution in [1.29, 1.82) is 0 Å². The molecule has 31 heavy (non-hydrogen) atoms. The molecule has 5 nitrogen and oxygen atoms in total. The second-order valence-corrected chi connectivity index (χ2v) is 9.68. The molecule has 1 N–H and O–H groups in total. The number of carbonyl (C=O) groups excluding carboxylic acids is 2. The maximum absolute atomic E-state index is 13.0. The third-order valence-corrected chi connectivity index (χ3v) is 7.44. The topological polar surface area (TPSA) is 62.3 Å². The smallest absolute Gasteiger partial charge is 0.272 e. The van der Waals surface area contributed by atoms with E-state index in [1.807, 2.05) is 24.0 Å². The molecule has 1 atom stereocenters. The van der Waals surface area contributed by atoms with Crippen molar-refractivity contribution in [3.8, 4) is 0 Å². The fraction of sp³-hybridized carbons (Fsp3) is 0.500. The van der Waals surface area contributed by atoms with E-state index in [-0.39, 0.29) is 23.1 Å². The summed E-state index contributed by atoms with van der Waals surface area (Å²) >= 11 is 0. The van der Waals surface area contributed by atoms with Gasteiger partial charge in [0.1, 0.15) is 5.69 Å². The van der Waals surface area contributed by atoms with E-state index < -0.39 is 0 Å². The molecule has 2 fully saturated rings. The summed E-state index contributed by atoms with van der Waals surface area (Å²) in [7, 11) is 0. The number of hydrogen-bond acceptors (Lipinski definition) is 3. The third kappa shape index (κ3) is 4.10. The highest BCUT2D eigenvalue weighted by molar-refractivity contribution is 5.92. The number of carbonyl (C=O) groups is 2. The fourth-order valence-electron chi connectivity index (χ4n) is 5.52. The van der Waals surface area contributed by atoms with Gasteiger partial charge in [-0.2, -0.15) is 0 Å². The van der Waals surface area contributed by atoms with Crippen LogP contribution in [0.2, 0.25) is 0 Å². The van der Waals surface area contributed by atoms with Gasteiger partial charge in [0.05, 0.1) is 0 Å².